The predicted molar refractivity (Wildman–Crippen MR) is 74.5 cm³/mol. The molecule has 1 heterocycles. The summed E-state index contributed by atoms with van der Waals surface area (Å²) in [5, 5.41) is 0. The van der Waals surface area contributed by atoms with Crippen LogP contribution in [0.15, 0.2) is 18.2 Å². The van der Waals surface area contributed by atoms with E-state index in [1.54, 1.807) is 14.2 Å². The number of methoxy groups -OCH3 is 2. The number of H-pyrrole nitrogens is 1. The van der Waals surface area contributed by atoms with E-state index in [-0.39, 0.29) is 6.04 Å². The number of ether oxygens (including phenoxy) is 2. The highest BCUT2D eigenvalue weighted by molar-refractivity contribution is 5.66. The first-order valence-electron chi connectivity index (χ1n) is 6.10. The summed E-state index contributed by atoms with van der Waals surface area (Å²) in [5.74, 6) is 2.24. The van der Waals surface area contributed by atoms with E-state index in [4.69, 9.17) is 15.2 Å². The van der Waals surface area contributed by atoms with Crippen LogP contribution in [0.25, 0.3) is 11.3 Å². The third kappa shape index (κ3) is 2.71. The standard InChI is InChI=1S/C14H19N3O2/c1-8(15)14-16-9(2)13(17-14)10-5-11(18-3)7-12(6-10)19-4/h5-8H,15H2,1-4H3,(H,16,17). The van der Waals surface area contributed by atoms with Crippen LogP contribution >= 0.6 is 0 Å². The largest absolute Gasteiger partial charge is 0.497 e. The van der Waals surface area contributed by atoms with Gasteiger partial charge in [0.05, 0.1) is 26.0 Å². The van der Waals surface area contributed by atoms with Gasteiger partial charge in [-0.2, -0.15) is 0 Å². The fraction of sp³-hybridized carbons (Fsp3) is 0.357. The molecule has 3 N–H and O–H groups in total. The number of nitrogens with one attached hydrogen (secondary N) is 1. The zero-order chi connectivity index (χ0) is 14.0. The monoisotopic (exact) mass is 261 g/mol. The zero-order valence-corrected chi connectivity index (χ0v) is 11.7. The van der Waals surface area contributed by atoms with Crippen molar-refractivity contribution in [2.75, 3.05) is 14.2 Å². The molecule has 5 heteroatoms. The molecule has 0 aliphatic rings. The summed E-state index contributed by atoms with van der Waals surface area (Å²) >= 11 is 0. The highest BCUT2D eigenvalue weighted by atomic mass is 16.5. The average Bonchev–Trinajstić information content (AvgIpc) is 2.80. The lowest BCUT2D eigenvalue weighted by atomic mass is 10.1. The van der Waals surface area contributed by atoms with Gasteiger partial charge in [0.2, 0.25) is 0 Å². The first-order chi connectivity index (χ1) is 9.05. The Kier molecular flexibility index (Phi) is 3.76. The van der Waals surface area contributed by atoms with E-state index in [1.807, 2.05) is 32.0 Å². The van der Waals surface area contributed by atoms with Gasteiger partial charge >= 0.3 is 0 Å². The number of nitrogens with zero attached hydrogens (tertiary/aromatic N) is 1. The number of rotatable bonds is 4. The number of aromatic amines is 1. The minimum atomic E-state index is -0.125. The Morgan fingerprint density at radius 1 is 1.16 bits per heavy atom. The Bertz CT molecular complexity index is 554. The molecule has 1 atom stereocenters. The van der Waals surface area contributed by atoms with Crippen LogP contribution in [-0.2, 0) is 0 Å². The van der Waals surface area contributed by atoms with Crippen molar-refractivity contribution in [3.05, 3.63) is 29.7 Å². The van der Waals surface area contributed by atoms with Crippen LogP contribution in [0.5, 0.6) is 11.5 Å². The maximum Gasteiger partial charge on any atom is 0.123 e. The van der Waals surface area contributed by atoms with Gasteiger partial charge in [0, 0.05) is 17.3 Å². The number of hydrogen-bond acceptors (Lipinski definition) is 4. The van der Waals surface area contributed by atoms with Crippen molar-refractivity contribution in [3.8, 4) is 22.8 Å². The second-order valence-corrected chi connectivity index (χ2v) is 4.49. The van der Waals surface area contributed by atoms with Crippen LogP contribution in [0.1, 0.15) is 24.5 Å². The molecule has 0 saturated heterocycles. The van der Waals surface area contributed by atoms with E-state index in [0.717, 1.165) is 34.3 Å². The SMILES string of the molecule is COc1cc(OC)cc(-c2nc(C(C)N)[nH]c2C)c1. The Morgan fingerprint density at radius 3 is 2.16 bits per heavy atom. The topological polar surface area (TPSA) is 73.2 Å². The van der Waals surface area contributed by atoms with Gasteiger partial charge < -0.3 is 20.2 Å². The van der Waals surface area contributed by atoms with Crippen molar-refractivity contribution in [1.29, 1.82) is 0 Å². The van der Waals surface area contributed by atoms with Gasteiger partial charge in [0.1, 0.15) is 17.3 Å². The van der Waals surface area contributed by atoms with E-state index >= 15 is 0 Å². The highest BCUT2D eigenvalue weighted by Crippen LogP contribution is 2.30. The van der Waals surface area contributed by atoms with Gasteiger partial charge in [0.15, 0.2) is 0 Å². The van der Waals surface area contributed by atoms with E-state index in [0.29, 0.717) is 0 Å². The first-order valence-corrected chi connectivity index (χ1v) is 6.10. The molecule has 102 valence electrons. The lowest BCUT2D eigenvalue weighted by Crippen LogP contribution is -2.06. The molecule has 0 fully saturated rings. The summed E-state index contributed by atoms with van der Waals surface area (Å²) in [6, 6.07) is 5.56. The van der Waals surface area contributed by atoms with E-state index in [9.17, 15) is 0 Å². The van der Waals surface area contributed by atoms with Crippen molar-refractivity contribution in [1.82, 2.24) is 9.97 Å². The molecule has 5 nitrogen and oxygen atoms in total. The molecule has 0 amide bonds. The molecular formula is C14H19N3O2. The van der Waals surface area contributed by atoms with Crippen LogP contribution in [0.3, 0.4) is 0 Å². The number of imidazole rings is 1. The van der Waals surface area contributed by atoms with Crippen molar-refractivity contribution in [3.63, 3.8) is 0 Å². The van der Waals surface area contributed by atoms with E-state index < -0.39 is 0 Å². The summed E-state index contributed by atoms with van der Waals surface area (Å²) in [4.78, 5) is 7.74. The van der Waals surface area contributed by atoms with Crippen LogP contribution in [0.2, 0.25) is 0 Å². The number of nitrogens with two attached hydrogens (primary N) is 1. The summed E-state index contributed by atoms with van der Waals surface area (Å²) < 4.78 is 10.5. The predicted octanol–water partition coefficient (Wildman–Crippen LogP) is 2.42. The molecule has 19 heavy (non-hydrogen) atoms. The van der Waals surface area contributed by atoms with Crippen molar-refractivity contribution in [2.45, 2.75) is 19.9 Å². The van der Waals surface area contributed by atoms with Crippen LogP contribution in [0.4, 0.5) is 0 Å². The summed E-state index contributed by atoms with van der Waals surface area (Å²) in [6.45, 7) is 3.87. The summed E-state index contributed by atoms with van der Waals surface area (Å²) in [6.07, 6.45) is 0. The number of aryl methyl sites for hydroxylation is 1. The van der Waals surface area contributed by atoms with Crippen molar-refractivity contribution < 1.29 is 9.47 Å². The third-order valence-corrected chi connectivity index (χ3v) is 2.96. The molecule has 0 saturated carbocycles. The maximum atomic E-state index is 5.84. The van der Waals surface area contributed by atoms with Crippen molar-refractivity contribution >= 4 is 0 Å². The van der Waals surface area contributed by atoms with Crippen LogP contribution in [-0.4, -0.2) is 24.2 Å². The molecular weight excluding hydrogens is 242 g/mol. The van der Waals surface area contributed by atoms with Gasteiger partial charge in [-0.15, -0.1) is 0 Å². The molecule has 2 aromatic rings. The van der Waals surface area contributed by atoms with E-state index in [1.165, 1.54) is 0 Å². The van der Waals surface area contributed by atoms with Gasteiger partial charge in [0.25, 0.3) is 0 Å². The number of hydrogen-bond donors (Lipinski definition) is 2. The first kappa shape index (κ1) is 13.4. The van der Waals surface area contributed by atoms with Gasteiger partial charge in [-0.25, -0.2) is 4.98 Å². The lowest BCUT2D eigenvalue weighted by molar-refractivity contribution is 0.394. The van der Waals surface area contributed by atoms with Crippen molar-refractivity contribution in [2.24, 2.45) is 5.73 Å². The van der Waals surface area contributed by atoms with E-state index in [2.05, 4.69) is 9.97 Å². The minimum Gasteiger partial charge on any atom is -0.497 e. The minimum absolute atomic E-state index is 0.125. The van der Waals surface area contributed by atoms with Gasteiger partial charge in [-0.1, -0.05) is 0 Å². The fourth-order valence-electron chi connectivity index (χ4n) is 1.92. The Hall–Kier alpha value is -2.01. The Balaban J connectivity index is 2.51. The molecule has 1 aromatic heterocycles. The zero-order valence-electron chi connectivity index (χ0n) is 11.7. The normalized spacial score (nSPS) is 12.3. The number of aromatic nitrogens is 2. The smallest absolute Gasteiger partial charge is 0.123 e. The van der Waals surface area contributed by atoms with Gasteiger partial charge in [-0.05, 0) is 26.0 Å². The Labute approximate surface area is 112 Å². The fourth-order valence-corrected chi connectivity index (χ4v) is 1.92. The molecule has 0 radical (unpaired) electrons. The summed E-state index contributed by atoms with van der Waals surface area (Å²) in [5.41, 5.74) is 8.62. The lowest BCUT2D eigenvalue weighted by Gasteiger charge is -2.07. The molecule has 0 aliphatic carbocycles. The molecule has 2 rings (SSSR count). The third-order valence-electron chi connectivity index (χ3n) is 2.96. The Morgan fingerprint density at radius 2 is 1.74 bits per heavy atom. The summed E-state index contributed by atoms with van der Waals surface area (Å²) in [7, 11) is 3.26. The second-order valence-electron chi connectivity index (χ2n) is 4.49. The quantitative estimate of drug-likeness (QED) is 0.886. The maximum absolute atomic E-state index is 5.84. The molecule has 0 aliphatic heterocycles. The second kappa shape index (κ2) is 5.32. The van der Waals surface area contributed by atoms with Crippen LogP contribution in [0, 0.1) is 6.92 Å². The molecule has 1 aromatic carbocycles. The average molecular weight is 261 g/mol. The molecule has 0 bridgehead atoms. The number of benzene rings is 1. The van der Waals surface area contributed by atoms with Gasteiger partial charge in [-0.3, -0.25) is 0 Å². The molecule has 0 spiro atoms. The molecule has 1 unspecified atom stereocenters. The van der Waals surface area contributed by atoms with Crippen LogP contribution < -0.4 is 15.2 Å². The highest BCUT2D eigenvalue weighted by Gasteiger charge is 2.13.